The maximum Gasteiger partial charge on any atom is 0.261 e. The van der Waals surface area contributed by atoms with Gasteiger partial charge in [-0.15, -0.1) is 0 Å². The van der Waals surface area contributed by atoms with Crippen molar-refractivity contribution in [2.24, 2.45) is 0 Å². The zero-order valence-corrected chi connectivity index (χ0v) is 19.0. The van der Waals surface area contributed by atoms with Gasteiger partial charge in [0.2, 0.25) is 11.8 Å². The third-order valence-corrected chi connectivity index (χ3v) is 6.20. The third-order valence-electron chi connectivity index (χ3n) is 5.95. The van der Waals surface area contributed by atoms with Crippen LogP contribution in [0.3, 0.4) is 0 Å². The lowest BCUT2D eigenvalue weighted by Gasteiger charge is -2.38. The number of rotatable bonds is 6. The molecule has 0 aromatic heterocycles. The molecule has 0 spiro atoms. The first kappa shape index (κ1) is 22.9. The number of carbonyl (C=O) groups is 3. The first-order valence-electron chi connectivity index (χ1n) is 11.0. The van der Waals surface area contributed by atoms with E-state index in [9.17, 15) is 14.4 Å². The Balaban J connectivity index is 1.32. The Morgan fingerprint density at radius 3 is 2.33 bits per heavy atom. The Morgan fingerprint density at radius 2 is 1.64 bits per heavy atom. The number of hydrogen-bond acceptors (Lipinski definition) is 5. The second kappa shape index (κ2) is 10.6. The topological polar surface area (TPSA) is 82.2 Å². The van der Waals surface area contributed by atoms with Gasteiger partial charge in [-0.1, -0.05) is 29.8 Å². The van der Waals surface area contributed by atoms with E-state index in [1.165, 1.54) is 4.90 Å². The van der Waals surface area contributed by atoms with Crippen molar-refractivity contribution in [3.05, 3.63) is 59.6 Å². The van der Waals surface area contributed by atoms with Crippen LogP contribution in [0.25, 0.3) is 0 Å². The number of piperazine rings is 2. The maximum absolute atomic E-state index is 13.0. The summed E-state index contributed by atoms with van der Waals surface area (Å²) < 4.78 is 5.55. The van der Waals surface area contributed by atoms with Crippen LogP contribution >= 0.6 is 11.6 Å². The molecule has 2 aliphatic rings. The van der Waals surface area contributed by atoms with Gasteiger partial charge in [0.25, 0.3) is 5.91 Å². The molecule has 8 nitrogen and oxygen atoms in total. The molecule has 0 aliphatic carbocycles. The number of para-hydroxylation sites is 1. The monoisotopic (exact) mass is 470 g/mol. The van der Waals surface area contributed by atoms with Crippen molar-refractivity contribution < 1.29 is 19.1 Å². The number of nitrogens with one attached hydrogen (secondary N) is 1. The Hall–Kier alpha value is -3.26. The highest BCUT2D eigenvalue weighted by molar-refractivity contribution is 6.30. The number of amides is 3. The van der Waals surface area contributed by atoms with E-state index in [1.807, 2.05) is 18.2 Å². The molecule has 0 radical (unpaired) electrons. The quantitative estimate of drug-likeness (QED) is 0.696. The highest BCUT2D eigenvalue weighted by Gasteiger charge is 2.36. The van der Waals surface area contributed by atoms with Gasteiger partial charge >= 0.3 is 0 Å². The lowest BCUT2D eigenvalue weighted by Crippen LogP contribution is -2.60. The van der Waals surface area contributed by atoms with Gasteiger partial charge in [-0.05, 0) is 36.4 Å². The lowest BCUT2D eigenvalue weighted by atomic mass is 10.1. The standard InChI is InChI=1S/C24H27ClN4O4/c25-18-6-8-20(9-7-18)33-17-23(31)29-11-10-26-24(32)21(29)16-22(30)28-14-12-27(13-15-28)19-4-2-1-3-5-19/h1-9,21H,10-17H2,(H,26,32)/t21-/m1/s1. The summed E-state index contributed by atoms with van der Waals surface area (Å²) in [6.45, 7) is 3.09. The van der Waals surface area contributed by atoms with Crippen molar-refractivity contribution in [3.63, 3.8) is 0 Å². The summed E-state index contributed by atoms with van der Waals surface area (Å²) in [4.78, 5) is 43.8. The number of benzene rings is 2. The summed E-state index contributed by atoms with van der Waals surface area (Å²) in [6, 6.07) is 15.9. The molecule has 2 aromatic carbocycles. The Labute approximate surface area is 198 Å². The van der Waals surface area contributed by atoms with Crippen LogP contribution in [0.5, 0.6) is 5.75 Å². The molecule has 1 N–H and O–H groups in total. The summed E-state index contributed by atoms with van der Waals surface area (Å²) in [5, 5.41) is 3.34. The summed E-state index contributed by atoms with van der Waals surface area (Å²) in [5.41, 5.74) is 1.13. The van der Waals surface area contributed by atoms with Crippen LogP contribution in [0.4, 0.5) is 5.69 Å². The molecule has 0 bridgehead atoms. The minimum atomic E-state index is -0.834. The van der Waals surface area contributed by atoms with Crippen molar-refractivity contribution in [1.29, 1.82) is 0 Å². The molecular formula is C24H27ClN4O4. The normalized spacial score (nSPS) is 18.6. The van der Waals surface area contributed by atoms with Crippen LogP contribution in [0, 0.1) is 0 Å². The molecule has 33 heavy (non-hydrogen) atoms. The number of halogens is 1. The molecular weight excluding hydrogens is 444 g/mol. The fourth-order valence-corrected chi connectivity index (χ4v) is 4.25. The zero-order chi connectivity index (χ0) is 23.2. The summed E-state index contributed by atoms with van der Waals surface area (Å²) in [6.07, 6.45) is -0.0378. The van der Waals surface area contributed by atoms with E-state index in [2.05, 4.69) is 22.3 Å². The Bertz CT molecular complexity index is 978. The molecule has 0 saturated carbocycles. The number of carbonyl (C=O) groups excluding carboxylic acids is 3. The molecule has 9 heteroatoms. The maximum atomic E-state index is 13.0. The van der Waals surface area contributed by atoms with Crippen molar-refractivity contribution in [1.82, 2.24) is 15.1 Å². The van der Waals surface area contributed by atoms with Crippen LogP contribution < -0.4 is 15.0 Å². The average molecular weight is 471 g/mol. The van der Waals surface area contributed by atoms with E-state index in [0.29, 0.717) is 37.0 Å². The van der Waals surface area contributed by atoms with Crippen molar-refractivity contribution >= 4 is 35.0 Å². The predicted molar refractivity (Wildman–Crippen MR) is 125 cm³/mol. The predicted octanol–water partition coefficient (Wildman–Crippen LogP) is 1.78. The van der Waals surface area contributed by atoms with E-state index in [4.69, 9.17) is 16.3 Å². The van der Waals surface area contributed by atoms with E-state index in [-0.39, 0.29) is 30.7 Å². The minimum absolute atomic E-state index is 0.0378. The molecule has 1 atom stereocenters. The SMILES string of the molecule is O=C1NCCN(C(=O)COc2ccc(Cl)cc2)[C@@H]1CC(=O)N1CCN(c2ccccc2)CC1. The highest BCUT2D eigenvalue weighted by atomic mass is 35.5. The Morgan fingerprint density at radius 1 is 0.939 bits per heavy atom. The van der Waals surface area contributed by atoms with E-state index >= 15 is 0 Å². The molecule has 2 aromatic rings. The van der Waals surface area contributed by atoms with E-state index < -0.39 is 6.04 Å². The van der Waals surface area contributed by atoms with E-state index in [1.54, 1.807) is 29.2 Å². The Kier molecular flexibility index (Phi) is 7.34. The van der Waals surface area contributed by atoms with Gasteiger partial charge in [-0.25, -0.2) is 0 Å². The number of hydrogen-bond donors (Lipinski definition) is 1. The first-order chi connectivity index (χ1) is 16.0. The van der Waals surface area contributed by atoms with E-state index in [0.717, 1.165) is 18.8 Å². The highest BCUT2D eigenvalue weighted by Crippen LogP contribution is 2.19. The minimum Gasteiger partial charge on any atom is -0.484 e. The average Bonchev–Trinajstić information content (AvgIpc) is 2.85. The van der Waals surface area contributed by atoms with Crippen LogP contribution in [-0.4, -0.2) is 79.4 Å². The van der Waals surface area contributed by atoms with Crippen LogP contribution in [0.15, 0.2) is 54.6 Å². The fraction of sp³-hybridized carbons (Fsp3) is 0.375. The third kappa shape index (κ3) is 5.76. The molecule has 174 valence electrons. The smallest absolute Gasteiger partial charge is 0.261 e. The molecule has 0 unspecified atom stereocenters. The second-order valence-corrected chi connectivity index (χ2v) is 8.48. The van der Waals surface area contributed by atoms with Crippen LogP contribution in [0.1, 0.15) is 6.42 Å². The zero-order valence-electron chi connectivity index (χ0n) is 18.3. The van der Waals surface area contributed by atoms with Gasteiger partial charge in [0, 0.05) is 50.0 Å². The number of ether oxygens (including phenoxy) is 1. The number of nitrogens with zero attached hydrogens (tertiary/aromatic N) is 3. The summed E-state index contributed by atoms with van der Waals surface area (Å²) in [7, 11) is 0. The molecule has 2 heterocycles. The van der Waals surface area contributed by atoms with Gasteiger partial charge in [0.1, 0.15) is 11.8 Å². The number of anilines is 1. The molecule has 3 amide bonds. The van der Waals surface area contributed by atoms with Gasteiger partial charge in [-0.2, -0.15) is 0 Å². The van der Waals surface area contributed by atoms with Gasteiger partial charge in [0.15, 0.2) is 6.61 Å². The molecule has 2 saturated heterocycles. The van der Waals surface area contributed by atoms with Gasteiger partial charge in [-0.3, -0.25) is 14.4 Å². The summed E-state index contributed by atoms with van der Waals surface area (Å²) in [5.74, 6) is -0.247. The van der Waals surface area contributed by atoms with Crippen LogP contribution in [0.2, 0.25) is 5.02 Å². The largest absolute Gasteiger partial charge is 0.484 e. The van der Waals surface area contributed by atoms with Gasteiger partial charge < -0.3 is 24.8 Å². The molecule has 2 fully saturated rings. The van der Waals surface area contributed by atoms with Gasteiger partial charge in [0.05, 0.1) is 6.42 Å². The summed E-state index contributed by atoms with van der Waals surface area (Å²) >= 11 is 5.87. The fourth-order valence-electron chi connectivity index (χ4n) is 4.12. The first-order valence-corrected chi connectivity index (χ1v) is 11.4. The van der Waals surface area contributed by atoms with Crippen molar-refractivity contribution in [3.8, 4) is 5.75 Å². The second-order valence-electron chi connectivity index (χ2n) is 8.04. The lowest BCUT2D eigenvalue weighted by molar-refractivity contribution is -0.148. The van der Waals surface area contributed by atoms with Crippen LogP contribution in [-0.2, 0) is 14.4 Å². The van der Waals surface area contributed by atoms with Crippen molar-refractivity contribution in [2.45, 2.75) is 12.5 Å². The molecule has 2 aliphatic heterocycles. The van der Waals surface area contributed by atoms with Crippen molar-refractivity contribution in [2.75, 3.05) is 50.8 Å². The molecule has 4 rings (SSSR count).